The third kappa shape index (κ3) is 4.86. The summed E-state index contributed by atoms with van der Waals surface area (Å²) < 4.78 is 18.5. The molecule has 3 rings (SSSR count). The first-order valence-corrected chi connectivity index (χ1v) is 9.11. The zero-order valence-electron chi connectivity index (χ0n) is 15.0. The molecule has 0 bridgehead atoms. The van der Waals surface area contributed by atoms with Gasteiger partial charge in [-0.1, -0.05) is 17.3 Å². The van der Waals surface area contributed by atoms with Crippen LogP contribution in [0.2, 0.25) is 0 Å². The summed E-state index contributed by atoms with van der Waals surface area (Å²) in [5.41, 5.74) is 0.978. The van der Waals surface area contributed by atoms with E-state index in [-0.39, 0.29) is 11.9 Å². The van der Waals surface area contributed by atoms with Gasteiger partial charge in [-0.15, -0.1) is 0 Å². The van der Waals surface area contributed by atoms with Gasteiger partial charge in [0, 0.05) is 6.42 Å². The number of nitrogens with zero attached hydrogens (tertiary/aromatic N) is 3. The molecule has 1 N–H and O–H groups in total. The van der Waals surface area contributed by atoms with Gasteiger partial charge in [-0.25, -0.2) is 4.39 Å². The number of hydrogen-bond donors (Lipinski definition) is 1. The van der Waals surface area contributed by atoms with Gasteiger partial charge in [0.05, 0.1) is 6.04 Å². The van der Waals surface area contributed by atoms with E-state index in [1.165, 1.54) is 31.4 Å². The summed E-state index contributed by atoms with van der Waals surface area (Å²) >= 11 is 0. The molecule has 6 heteroatoms. The highest BCUT2D eigenvalue weighted by Gasteiger charge is 2.26. The molecule has 0 radical (unpaired) electrons. The molecular formula is C19H27FN4O. The van der Waals surface area contributed by atoms with Crippen LogP contribution in [0.3, 0.4) is 0 Å². The minimum Gasteiger partial charge on any atom is -0.338 e. The first-order chi connectivity index (χ1) is 12.2. The third-order valence-electron chi connectivity index (χ3n) is 5.12. The fourth-order valence-electron chi connectivity index (χ4n) is 3.43. The van der Waals surface area contributed by atoms with Gasteiger partial charge in [0.1, 0.15) is 5.82 Å². The maximum atomic E-state index is 13.0. The molecule has 0 saturated carbocycles. The number of piperidine rings is 1. The molecule has 1 aliphatic rings. The van der Waals surface area contributed by atoms with E-state index in [1.54, 1.807) is 12.1 Å². The highest BCUT2D eigenvalue weighted by Crippen LogP contribution is 2.27. The molecule has 0 aliphatic carbocycles. The van der Waals surface area contributed by atoms with E-state index in [2.05, 4.69) is 27.3 Å². The van der Waals surface area contributed by atoms with Crippen LogP contribution in [0.15, 0.2) is 28.8 Å². The van der Waals surface area contributed by atoms with Crippen molar-refractivity contribution in [2.75, 3.05) is 26.7 Å². The zero-order chi connectivity index (χ0) is 17.6. The molecule has 1 aromatic carbocycles. The maximum Gasteiger partial charge on any atom is 0.243 e. The van der Waals surface area contributed by atoms with Crippen LogP contribution < -0.4 is 5.32 Å². The van der Waals surface area contributed by atoms with Crippen molar-refractivity contribution in [2.24, 2.45) is 5.92 Å². The Morgan fingerprint density at radius 2 is 2.00 bits per heavy atom. The van der Waals surface area contributed by atoms with Crippen molar-refractivity contribution in [3.05, 3.63) is 47.4 Å². The Bertz CT molecular complexity index is 650. The number of likely N-dealkylation sites (tertiary alicyclic amines) is 1. The Balaban J connectivity index is 1.54. The van der Waals surface area contributed by atoms with Crippen LogP contribution in [0.5, 0.6) is 0 Å². The van der Waals surface area contributed by atoms with Crippen molar-refractivity contribution in [1.82, 2.24) is 20.4 Å². The van der Waals surface area contributed by atoms with Gasteiger partial charge in [0.2, 0.25) is 5.89 Å². The average molecular weight is 346 g/mol. The molecule has 2 aromatic rings. The van der Waals surface area contributed by atoms with Gasteiger partial charge < -0.3 is 9.84 Å². The first-order valence-electron chi connectivity index (χ1n) is 9.11. The van der Waals surface area contributed by atoms with Crippen molar-refractivity contribution in [3.63, 3.8) is 0 Å². The number of nitrogens with one attached hydrogen (secondary N) is 1. The molecule has 0 spiro atoms. The van der Waals surface area contributed by atoms with Gasteiger partial charge in [0.15, 0.2) is 5.82 Å². The Labute approximate surface area is 148 Å². The van der Waals surface area contributed by atoms with E-state index in [9.17, 15) is 4.39 Å². The third-order valence-corrected chi connectivity index (χ3v) is 5.12. The van der Waals surface area contributed by atoms with Gasteiger partial charge in [-0.05, 0) is 76.5 Å². The van der Waals surface area contributed by atoms with E-state index in [4.69, 9.17) is 4.52 Å². The van der Waals surface area contributed by atoms with E-state index in [0.29, 0.717) is 18.1 Å². The van der Waals surface area contributed by atoms with E-state index >= 15 is 0 Å². The Morgan fingerprint density at radius 3 is 2.68 bits per heavy atom. The topological polar surface area (TPSA) is 54.2 Å². The van der Waals surface area contributed by atoms with Crippen molar-refractivity contribution in [2.45, 2.75) is 38.6 Å². The fraction of sp³-hybridized carbons (Fsp3) is 0.579. The molecule has 1 aromatic heterocycles. The van der Waals surface area contributed by atoms with Crippen LogP contribution in [-0.2, 0) is 6.42 Å². The predicted molar refractivity (Wildman–Crippen MR) is 94.8 cm³/mol. The van der Waals surface area contributed by atoms with E-state index in [0.717, 1.165) is 31.1 Å². The van der Waals surface area contributed by atoms with Crippen LogP contribution in [0.1, 0.15) is 49.5 Å². The SMILES string of the molecule is CNCCC1CCN(C(C)c2nc(Cc3ccc(F)cc3)no2)CC1. The van der Waals surface area contributed by atoms with E-state index in [1.807, 2.05) is 7.05 Å². The van der Waals surface area contributed by atoms with Crippen LogP contribution in [-0.4, -0.2) is 41.7 Å². The summed E-state index contributed by atoms with van der Waals surface area (Å²) in [7, 11) is 2.01. The lowest BCUT2D eigenvalue weighted by atomic mass is 9.93. The van der Waals surface area contributed by atoms with Gasteiger partial charge in [0.25, 0.3) is 0 Å². The summed E-state index contributed by atoms with van der Waals surface area (Å²) in [6.07, 6.45) is 4.26. The molecule has 25 heavy (non-hydrogen) atoms. The maximum absolute atomic E-state index is 13.0. The average Bonchev–Trinajstić information content (AvgIpc) is 3.10. The number of benzene rings is 1. The minimum absolute atomic E-state index is 0.139. The standard InChI is InChI=1S/C19H27FN4O/c1-14(24-11-8-15(9-12-24)7-10-21-2)19-22-18(23-25-19)13-16-3-5-17(20)6-4-16/h3-6,14-15,21H,7-13H2,1-2H3. The van der Waals surface area contributed by atoms with E-state index < -0.39 is 0 Å². The first kappa shape index (κ1) is 18.0. The molecule has 1 fully saturated rings. The lowest BCUT2D eigenvalue weighted by Crippen LogP contribution is -2.36. The molecule has 0 amide bonds. The van der Waals surface area contributed by atoms with Crippen molar-refractivity contribution in [1.29, 1.82) is 0 Å². The number of aromatic nitrogens is 2. The van der Waals surface area contributed by atoms with Crippen LogP contribution in [0.4, 0.5) is 4.39 Å². The van der Waals surface area contributed by atoms with Crippen LogP contribution in [0.25, 0.3) is 0 Å². The van der Waals surface area contributed by atoms with Crippen LogP contribution in [0, 0.1) is 11.7 Å². The predicted octanol–water partition coefficient (Wildman–Crippen LogP) is 3.18. The molecule has 1 aliphatic heterocycles. The molecule has 5 nitrogen and oxygen atoms in total. The highest BCUT2D eigenvalue weighted by atomic mass is 19.1. The summed E-state index contributed by atoms with van der Waals surface area (Å²) in [5, 5.41) is 7.32. The summed E-state index contributed by atoms with van der Waals surface area (Å²) in [6, 6.07) is 6.56. The molecule has 2 heterocycles. The summed E-state index contributed by atoms with van der Waals surface area (Å²) in [6.45, 7) is 5.37. The summed E-state index contributed by atoms with van der Waals surface area (Å²) in [4.78, 5) is 6.97. The summed E-state index contributed by atoms with van der Waals surface area (Å²) in [5.74, 6) is 1.90. The second kappa shape index (κ2) is 8.54. The smallest absolute Gasteiger partial charge is 0.243 e. The van der Waals surface area contributed by atoms with Crippen molar-refractivity contribution in [3.8, 4) is 0 Å². The van der Waals surface area contributed by atoms with Gasteiger partial charge in [-0.3, -0.25) is 4.90 Å². The zero-order valence-corrected chi connectivity index (χ0v) is 15.0. The van der Waals surface area contributed by atoms with Gasteiger partial charge in [-0.2, -0.15) is 4.98 Å². The number of rotatable bonds is 7. The normalized spacial score (nSPS) is 17.7. The quantitative estimate of drug-likeness (QED) is 0.834. The lowest BCUT2D eigenvalue weighted by Gasteiger charge is -2.34. The van der Waals surface area contributed by atoms with Gasteiger partial charge >= 0.3 is 0 Å². The number of halogens is 1. The Morgan fingerprint density at radius 1 is 1.28 bits per heavy atom. The highest BCUT2D eigenvalue weighted by molar-refractivity contribution is 5.19. The largest absolute Gasteiger partial charge is 0.338 e. The van der Waals surface area contributed by atoms with Crippen molar-refractivity contribution >= 4 is 0 Å². The molecule has 136 valence electrons. The lowest BCUT2D eigenvalue weighted by molar-refractivity contribution is 0.117. The fourth-order valence-corrected chi connectivity index (χ4v) is 3.43. The molecule has 1 unspecified atom stereocenters. The monoisotopic (exact) mass is 346 g/mol. The van der Waals surface area contributed by atoms with Crippen LogP contribution >= 0.6 is 0 Å². The second-order valence-electron chi connectivity index (χ2n) is 6.90. The van der Waals surface area contributed by atoms with Crippen molar-refractivity contribution < 1.29 is 8.91 Å². The number of hydrogen-bond acceptors (Lipinski definition) is 5. The molecule has 1 saturated heterocycles. The Hall–Kier alpha value is -1.79. The molecular weight excluding hydrogens is 319 g/mol. The second-order valence-corrected chi connectivity index (χ2v) is 6.90. The molecule has 1 atom stereocenters. The Kier molecular flexibility index (Phi) is 6.15. The minimum atomic E-state index is -0.232.